The summed E-state index contributed by atoms with van der Waals surface area (Å²) in [7, 11) is 0. The van der Waals surface area contributed by atoms with Gasteiger partial charge in [-0.25, -0.2) is 0 Å². The van der Waals surface area contributed by atoms with E-state index in [0.717, 1.165) is 0 Å². The monoisotopic (exact) mass is 257 g/mol. The van der Waals surface area contributed by atoms with Crippen LogP contribution in [0, 0.1) is 10.1 Å². The number of hydrogen-bond acceptors (Lipinski definition) is 4. The maximum atomic E-state index is 11.4. The first-order valence-electron chi connectivity index (χ1n) is 4.98. The van der Waals surface area contributed by atoms with Gasteiger partial charge in [-0.2, -0.15) is 0 Å². The molecule has 0 saturated heterocycles. The Bertz CT molecular complexity index is 437. The number of rotatable bonds is 5. The molecule has 1 aromatic carbocycles. The summed E-state index contributed by atoms with van der Waals surface area (Å²) in [5.41, 5.74) is 5.39. The van der Waals surface area contributed by atoms with Crippen molar-refractivity contribution in [1.29, 1.82) is 0 Å². The third kappa shape index (κ3) is 4.01. The van der Waals surface area contributed by atoms with Crippen molar-refractivity contribution in [3.63, 3.8) is 0 Å². The van der Waals surface area contributed by atoms with Crippen LogP contribution in [-0.2, 0) is 4.79 Å². The van der Waals surface area contributed by atoms with E-state index in [1.165, 1.54) is 18.2 Å². The average Bonchev–Trinajstić information content (AvgIpc) is 2.29. The van der Waals surface area contributed by atoms with Crippen LogP contribution in [0.15, 0.2) is 18.2 Å². The summed E-state index contributed by atoms with van der Waals surface area (Å²) < 4.78 is 0. The zero-order valence-electron chi connectivity index (χ0n) is 8.98. The van der Waals surface area contributed by atoms with Crippen LogP contribution in [0.1, 0.15) is 12.8 Å². The van der Waals surface area contributed by atoms with Gasteiger partial charge in [0, 0.05) is 18.6 Å². The topological polar surface area (TPSA) is 98.3 Å². The van der Waals surface area contributed by atoms with Gasteiger partial charge in [0.15, 0.2) is 0 Å². The fourth-order valence-corrected chi connectivity index (χ4v) is 1.36. The van der Waals surface area contributed by atoms with Crippen LogP contribution in [0.5, 0.6) is 0 Å². The van der Waals surface area contributed by atoms with Gasteiger partial charge in [-0.3, -0.25) is 14.9 Å². The second-order valence-electron chi connectivity index (χ2n) is 3.36. The molecule has 17 heavy (non-hydrogen) atoms. The molecule has 0 heterocycles. The van der Waals surface area contributed by atoms with E-state index < -0.39 is 4.92 Å². The first-order valence-corrected chi connectivity index (χ1v) is 5.36. The molecule has 0 aliphatic heterocycles. The number of nitro benzene ring substituents is 1. The predicted octanol–water partition coefficient (Wildman–Crippen LogP) is 1.93. The Balaban J connectivity index is 2.79. The number of nitro groups is 1. The molecule has 0 unspecified atom stereocenters. The smallest absolute Gasteiger partial charge is 0.271 e. The van der Waals surface area contributed by atoms with Crippen LogP contribution in [0.25, 0.3) is 0 Å². The predicted molar refractivity (Wildman–Crippen MR) is 65.0 cm³/mol. The first-order chi connectivity index (χ1) is 8.04. The van der Waals surface area contributed by atoms with E-state index in [0.29, 0.717) is 13.0 Å². The number of nitrogens with one attached hydrogen (secondary N) is 1. The Morgan fingerprint density at radius 2 is 2.24 bits per heavy atom. The third-order valence-electron chi connectivity index (χ3n) is 2.04. The van der Waals surface area contributed by atoms with Crippen LogP contribution in [0.3, 0.4) is 0 Å². The van der Waals surface area contributed by atoms with E-state index >= 15 is 0 Å². The summed E-state index contributed by atoms with van der Waals surface area (Å²) in [5, 5.41) is 13.3. The van der Waals surface area contributed by atoms with Crippen LogP contribution in [0.2, 0.25) is 5.02 Å². The molecule has 0 aliphatic rings. The standard InChI is InChI=1S/C10H12ClN3O3/c11-8-4-3-7(14(16)17)6-9(8)13-10(15)2-1-5-12/h3-4,6H,1-2,5,12H2,(H,13,15). The van der Waals surface area contributed by atoms with E-state index in [9.17, 15) is 14.9 Å². The molecule has 7 heteroatoms. The maximum absolute atomic E-state index is 11.4. The molecule has 0 saturated carbocycles. The molecule has 6 nitrogen and oxygen atoms in total. The Hall–Kier alpha value is -1.66. The van der Waals surface area contributed by atoms with E-state index in [4.69, 9.17) is 17.3 Å². The summed E-state index contributed by atoms with van der Waals surface area (Å²) in [6.07, 6.45) is 0.813. The molecule has 0 aliphatic carbocycles. The van der Waals surface area contributed by atoms with E-state index in [-0.39, 0.29) is 28.7 Å². The number of nitrogens with two attached hydrogens (primary N) is 1. The molecule has 0 radical (unpaired) electrons. The fourth-order valence-electron chi connectivity index (χ4n) is 1.20. The van der Waals surface area contributed by atoms with Gasteiger partial charge in [-0.1, -0.05) is 11.6 Å². The van der Waals surface area contributed by atoms with E-state index in [1.54, 1.807) is 0 Å². The van der Waals surface area contributed by atoms with Gasteiger partial charge >= 0.3 is 0 Å². The summed E-state index contributed by atoms with van der Waals surface area (Å²) in [4.78, 5) is 21.4. The minimum Gasteiger partial charge on any atom is -0.330 e. The van der Waals surface area contributed by atoms with Crippen molar-refractivity contribution in [2.75, 3.05) is 11.9 Å². The van der Waals surface area contributed by atoms with Crippen molar-refractivity contribution in [3.8, 4) is 0 Å². The molecule has 0 spiro atoms. The minimum absolute atomic E-state index is 0.122. The second-order valence-corrected chi connectivity index (χ2v) is 3.77. The van der Waals surface area contributed by atoms with Crippen LogP contribution in [0.4, 0.5) is 11.4 Å². The zero-order chi connectivity index (χ0) is 12.8. The van der Waals surface area contributed by atoms with Gasteiger partial charge in [0.25, 0.3) is 5.69 Å². The molecule has 0 fully saturated rings. The van der Waals surface area contributed by atoms with Gasteiger partial charge in [0.1, 0.15) is 0 Å². The highest BCUT2D eigenvalue weighted by Gasteiger charge is 2.11. The van der Waals surface area contributed by atoms with Gasteiger partial charge in [0.2, 0.25) is 5.91 Å². The highest BCUT2D eigenvalue weighted by Crippen LogP contribution is 2.26. The Morgan fingerprint density at radius 1 is 1.53 bits per heavy atom. The highest BCUT2D eigenvalue weighted by atomic mass is 35.5. The highest BCUT2D eigenvalue weighted by molar-refractivity contribution is 6.33. The summed E-state index contributed by atoms with van der Waals surface area (Å²) >= 11 is 5.82. The molecule has 1 rings (SSSR count). The largest absolute Gasteiger partial charge is 0.330 e. The molecule has 0 bridgehead atoms. The lowest BCUT2D eigenvalue weighted by molar-refractivity contribution is -0.384. The van der Waals surface area contributed by atoms with E-state index in [1.807, 2.05) is 0 Å². The summed E-state index contributed by atoms with van der Waals surface area (Å²) in [5.74, 6) is -0.266. The van der Waals surface area contributed by atoms with Crippen molar-refractivity contribution >= 4 is 28.9 Å². The van der Waals surface area contributed by atoms with Gasteiger partial charge in [-0.15, -0.1) is 0 Å². The molecular weight excluding hydrogens is 246 g/mol. The average molecular weight is 258 g/mol. The number of hydrogen-bond donors (Lipinski definition) is 2. The molecule has 1 aromatic rings. The lowest BCUT2D eigenvalue weighted by Gasteiger charge is -2.06. The summed E-state index contributed by atoms with van der Waals surface area (Å²) in [6.45, 7) is 0.413. The van der Waals surface area contributed by atoms with Crippen molar-refractivity contribution in [1.82, 2.24) is 0 Å². The lowest BCUT2D eigenvalue weighted by atomic mass is 10.2. The number of anilines is 1. The zero-order valence-corrected chi connectivity index (χ0v) is 9.74. The van der Waals surface area contributed by atoms with E-state index in [2.05, 4.69) is 5.32 Å². The maximum Gasteiger partial charge on any atom is 0.271 e. The molecular formula is C10H12ClN3O3. The number of carbonyl (C=O) groups is 1. The quantitative estimate of drug-likeness (QED) is 0.622. The summed E-state index contributed by atoms with van der Waals surface area (Å²) in [6, 6.07) is 3.87. The van der Waals surface area contributed by atoms with Crippen molar-refractivity contribution in [3.05, 3.63) is 33.3 Å². The molecule has 3 N–H and O–H groups in total. The normalized spacial score (nSPS) is 10.0. The molecule has 0 aromatic heterocycles. The lowest BCUT2D eigenvalue weighted by Crippen LogP contribution is -2.13. The first kappa shape index (κ1) is 13.4. The number of non-ortho nitro benzene ring substituents is 1. The van der Waals surface area contributed by atoms with Crippen molar-refractivity contribution < 1.29 is 9.72 Å². The number of nitrogens with zero attached hydrogens (tertiary/aromatic N) is 1. The van der Waals surface area contributed by atoms with Crippen molar-refractivity contribution in [2.45, 2.75) is 12.8 Å². The number of halogens is 1. The van der Waals surface area contributed by atoms with Crippen molar-refractivity contribution in [2.24, 2.45) is 5.73 Å². The molecule has 92 valence electrons. The fraction of sp³-hybridized carbons (Fsp3) is 0.300. The Labute approximate surface area is 103 Å². The second kappa shape index (κ2) is 6.17. The van der Waals surface area contributed by atoms with Crippen LogP contribution in [-0.4, -0.2) is 17.4 Å². The number of benzene rings is 1. The van der Waals surface area contributed by atoms with Crippen LogP contribution >= 0.6 is 11.6 Å². The molecule has 1 amide bonds. The van der Waals surface area contributed by atoms with Crippen LogP contribution < -0.4 is 11.1 Å². The van der Waals surface area contributed by atoms with Gasteiger partial charge in [0.05, 0.1) is 15.6 Å². The third-order valence-corrected chi connectivity index (χ3v) is 2.37. The van der Waals surface area contributed by atoms with Gasteiger partial charge < -0.3 is 11.1 Å². The Kier molecular flexibility index (Phi) is 4.86. The minimum atomic E-state index is -0.550. The molecule has 0 atom stereocenters. The number of carbonyl (C=O) groups excluding carboxylic acids is 1. The van der Waals surface area contributed by atoms with Gasteiger partial charge in [-0.05, 0) is 19.0 Å². The number of amides is 1. The Morgan fingerprint density at radius 3 is 2.82 bits per heavy atom. The SMILES string of the molecule is NCCCC(=O)Nc1cc([N+](=O)[O-])ccc1Cl.